The standard InChI is InChI=1S/C5H10OS/c1-4-5(6)2-3-7-4/h4-6H,2-3H2,1H3/t4?,5-/m1/s1. The molecule has 0 saturated carbocycles. The number of rotatable bonds is 0. The van der Waals surface area contributed by atoms with Gasteiger partial charge in [-0.05, 0) is 12.2 Å². The van der Waals surface area contributed by atoms with Crippen LogP contribution in [0.5, 0.6) is 0 Å². The van der Waals surface area contributed by atoms with Gasteiger partial charge in [-0.25, -0.2) is 0 Å². The second-order valence-corrected chi connectivity index (χ2v) is 3.42. The molecule has 1 rings (SSSR count). The third-order valence-electron chi connectivity index (χ3n) is 1.34. The molecular formula is C5H10OS. The molecule has 1 aliphatic heterocycles. The molecule has 1 saturated heterocycles. The van der Waals surface area contributed by atoms with E-state index in [0.717, 1.165) is 12.2 Å². The molecule has 0 aromatic rings. The van der Waals surface area contributed by atoms with E-state index in [1.807, 2.05) is 11.8 Å². The molecule has 1 aliphatic rings. The number of hydrogen-bond acceptors (Lipinski definition) is 2. The Kier molecular flexibility index (Phi) is 1.60. The van der Waals surface area contributed by atoms with Crippen molar-refractivity contribution in [2.75, 3.05) is 5.75 Å². The maximum Gasteiger partial charge on any atom is 0.0663 e. The molecule has 1 N–H and O–H groups in total. The smallest absolute Gasteiger partial charge is 0.0663 e. The molecule has 0 aromatic carbocycles. The average molecular weight is 118 g/mol. The van der Waals surface area contributed by atoms with Gasteiger partial charge in [0.1, 0.15) is 0 Å². The minimum Gasteiger partial charge on any atom is -0.392 e. The van der Waals surface area contributed by atoms with Crippen LogP contribution >= 0.6 is 11.8 Å². The predicted molar refractivity (Wildman–Crippen MR) is 32.5 cm³/mol. The molecule has 0 amide bonds. The quantitative estimate of drug-likeness (QED) is 0.509. The molecule has 0 spiro atoms. The summed E-state index contributed by atoms with van der Waals surface area (Å²) in [7, 11) is 0. The first-order chi connectivity index (χ1) is 3.30. The SMILES string of the molecule is CC1SCC[C@H]1O. The summed E-state index contributed by atoms with van der Waals surface area (Å²) in [6.45, 7) is 2.07. The predicted octanol–water partition coefficient (Wildman–Crippen LogP) is 0.873. The number of hydrogen-bond donors (Lipinski definition) is 1. The lowest BCUT2D eigenvalue weighted by Gasteiger charge is -2.03. The van der Waals surface area contributed by atoms with E-state index < -0.39 is 0 Å². The first-order valence-electron chi connectivity index (χ1n) is 2.60. The Labute approximate surface area is 48.1 Å². The van der Waals surface area contributed by atoms with Crippen LogP contribution in [0.2, 0.25) is 0 Å². The number of aliphatic hydroxyl groups is 1. The van der Waals surface area contributed by atoms with Gasteiger partial charge >= 0.3 is 0 Å². The van der Waals surface area contributed by atoms with E-state index in [2.05, 4.69) is 6.92 Å². The third kappa shape index (κ3) is 1.10. The van der Waals surface area contributed by atoms with Crippen molar-refractivity contribution in [3.05, 3.63) is 0 Å². The van der Waals surface area contributed by atoms with Gasteiger partial charge in [0.2, 0.25) is 0 Å². The van der Waals surface area contributed by atoms with Crippen molar-refractivity contribution >= 4 is 11.8 Å². The monoisotopic (exact) mass is 118 g/mol. The minimum absolute atomic E-state index is 0.0231. The Balaban J connectivity index is 2.33. The van der Waals surface area contributed by atoms with E-state index in [1.165, 1.54) is 0 Å². The highest BCUT2D eigenvalue weighted by Crippen LogP contribution is 2.25. The lowest BCUT2D eigenvalue weighted by atomic mass is 10.2. The lowest BCUT2D eigenvalue weighted by Crippen LogP contribution is -2.11. The van der Waals surface area contributed by atoms with Crippen LogP contribution in [0.4, 0.5) is 0 Å². The Hall–Kier alpha value is 0.310. The van der Waals surface area contributed by atoms with Gasteiger partial charge in [-0.3, -0.25) is 0 Å². The molecule has 1 fully saturated rings. The van der Waals surface area contributed by atoms with Crippen molar-refractivity contribution in [3.8, 4) is 0 Å². The van der Waals surface area contributed by atoms with Crippen LogP contribution in [0.1, 0.15) is 13.3 Å². The second-order valence-electron chi connectivity index (χ2n) is 1.93. The highest BCUT2D eigenvalue weighted by Gasteiger charge is 2.20. The molecule has 1 nitrogen and oxygen atoms in total. The molecule has 42 valence electrons. The van der Waals surface area contributed by atoms with Gasteiger partial charge in [-0.15, -0.1) is 0 Å². The largest absolute Gasteiger partial charge is 0.392 e. The summed E-state index contributed by atoms with van der Waals surface area (Å²) in [4.78, 5) is 0. The van der Waals surface area contributed by atoms with Crippen LogP contribution in [0.25, 0.3) is 0 Å². The van der Waals surface area contributed by atoms with Crippen molar-refractivity contribution in [1.29, 1.82) is 0 Å². The van der Waals surface area contributed by atoms with Crippen LogP contribution in [0, 0.1) is 0 Å². The second kappa shape index (κ2) is 2.05. The van der Waals surface area contributed by atoms with Gasteiger partial charge in [0.15, 0.2) is 0 Å². The van der Waals surface area contributed by atoms with Gasteiger partial charge in [-0.1, -0.05) is 6.92 Å². The maximum absolute atomic E-state index is 8.98. The zero-order valence-electron chi connectivity index (χ0n) is 4.42. The maximum atomic E-state index is 8.98. The van der Waals surface area contributed by atoms with E-state index in [0.29, 0.717) is 5.25 Å². The van der Waals surface area contributed by atoms with Crippen molar-refractivity contribution in [3.63, 3.8) is 0 Å². The fourth-order valence-corrected chi connectivity index (χ4v) is 1.83. The summed E-state index contributed by atoms with van der Waals surface area (Å²) in [6, 6.07) is 0. The summed E-state index contributed by atoms with van der Waals surface area (Å²) in [5.74, 6) is 1.14. The molecule has 1 heterocycles. The third-order valence-corrected chi connectivity index (χ3v) is 2.65. The van der Waals surface area contributed by atoms with Crippen LogP contribution in [-0.2, 0) is 0 Å². The fourth-order valence-electron chi connectivity index (χ4n) is 0.720. The first kappa shape index (κ1) is 5.45. The Morgan fingerprint density at radius 2 is 2.43 bits per heavy atom. The van der Waals surface area contributed by atoms with Crippen molar-refractivity contribution < 1.29 is 5.11 Å². The molecule has 0 aromatic heterocycles. The van der Waals surface area contributed by atoms with E-state index in [1.54, 1.807) is 0 Å². The van der Waals surface area contributed by atoms with Crippen LogP contribution in [-0.4, -0.2) is 22.2 Å². The van der Waals surface area contributed by atoms with Gasteiger partial charge in [-0.2, -0.15) is 11.8 Å². The molecule has 2 atom stereocenters. The molecule has 0 aliphatic carbocycles. The Bertz CT molecular complexity index is 57.1. The number of aliphatic hydroxyl groups excluding tert-OH is 1. The van der Waals surface area contributed by atoms with E-state index in [4.69, 9.17) is 5.11 Å². The van der Waals surface area contributed by atoms with Crippen molar-refractivity contribution in [2.45, 2.75) is 24.7 Å². The average Bonchev–Trinajstić information content (AvgIpc) is 1.91. The van der Waals surface area contributed by atoms with E-state index in [-0.39, 0.29) is 6.10 Å². The topological polar surface area (TPSA) is 20.2 Å². The summed E-state index contributed by atoms with van der Waals surface area (Å²) < 4.78 is 0. The summed E-state index contributed by atoms with van der Waals surface area (Å²) in [5, 5.41) is 9.46. The number of thioether (sulfide) groups is 1. The van der Waals surface area contributed by atoms with Gasteiger partial charge in [0.05, 0.1) is 6.10 Å². The lowest BCUT2D eigenvalue weighted by molar-refractivity contribution is 0.180. The zero-order chi connectivity index (χ0) is 5.28. The Morgan fingerprint density at radius 3 is 2.57 bits per heavy atom. The highest BCUT2D eigenvalue weighted by molar-refractivity contribution is 8.00. The normalized spacial score (nSPS) is 42.0. The van der Waals surface area contributed by atoms with Gasteiger partial charge in [0.25, 0.3) is 0 Å². The van der Waals surface area contributed by atoms with Crippen LogP contribution in [0.15, 0.2) is 0 Å². The van der Waals surface area contributed by atoms with Crippen molar-refractivity contribution in [1.82, 2.24) is 0 Å². The Morgan fingerprint density at radius 1 is 1.71 bits per heavy atom. The van der Waals surface area contributed by atoms with Crippen molar-refractivity contribution in [2.24, 2.45) is 0 Å². The van der Waals surface area contributed by atoms with E-state index in [9.17, 15) is 0 Å². The molecular weight excluding hydrogens is 108 g/mol. The van der Waals surface area contributed by atoms with Gasteiger partial charge < -0.3 is 5.11 Å². The summed E-state index contributed by atoms with van der Waals surface area (Å²) in [5.41, 5.74) is 0. The molecule has 2 heteroatoms. The molecule has 0 bridgehead atoms. The first-order valence-corrected chi connectivity index (χ1v) is 3.65. The summed E-state index contributed by atoms with van der Waals surface area (Å²) >= 11 is 1.86. The van der Waals surface area contributed by atoms with Crippen LogP contribution in [0.3, 0.4) is 0 Å². The van der Waals surface area contributed by atoms with E-state index >= 15 is 0 Å². The molecule has 1 unspecified atom stereocenters. The van der Waals surface area contributed by atoms with Crippen LogP contribution < -0.4 is 0 Å². The summed E-state index contributed by atoms with van der Waals surface area (Å²) in [6.07, 6.45) is 0.969. The fraction of sp³-hybridized carbons (Fsp3) is 1.00. The van der Waals surface area contributed by atoms with Gasteiger partial charge in [0, 0.05) is 5.25 Å². The molecule has 0 radical (unpaired) electrons. The highest BCUT2D eigenvalue weighted by atomic mass is 32.2. The zero-order valence-corrected chi connectivity index (χ0v) is 5.24. The molecule has 7 heavy (non-hydrogen) atoms. The minimum atomic E-state index is -0.0231.